The predicted octanol–water partition coefficient (Wildman–Crippen LogP) is 2.68. The van der Waals surface area contributed by atoms with Crippen LogP contribution in [0, 0.1) is 0 Å². The molecule has 1 unspecified atom stereocenters. The van der Waals surface area contributed by atoms with Crippen molar-refractivity contribution in [2.24, 2.45) is 5.16 Å². The predicted molar refractivity (Wildman–Crippen MR) is 81.3 cm³/mol. The van der Waals surface area contributed by atoms with Crippen molar-refractivity contribution in [2.75, 3.05) is 5.73 Å². The van der Waals surface area contributed by atoms with Gasteiger partial charge in [0.05, 0.1) is 0 Å². The molecule has 0 fully saturated rings. The summed E-state index contributed by atoms with van der Waals surface area (Å²) in [4.78, 5) is 20.6. The SMILES string of the molecule is CCC(ON=C(C(=O)O)c1csc(N)n1)c1ccccc1. The maximum absolute atomic E-state index is 11.3. The maximum atomic E-state index is 11.3. The molecule has 6 nitrogen and oxygen atoms in total. The Balaban J connectivity index is 2.21. The fourth-order valence-corrected chi connectivity index (χ4v) is 2.29. The summed E-state index contributed by atoms with van der Waals surface area (Å²) in [6, 6.07) is 9.50. The lowest BCUT2D eigenvalue weighted by atomic mass is 10.1. The normalized spacial score (nSPS) is 12.9. The van der Waals surface area contributed by atoms with E-state index in [0.29, 0.717) is 6.42 Å². The van der Waals surface area contributed by atoms with Crippen molar-refractivity contribution in [3.8, 4) is 0 Å². The lowest BCUT2D eigenvalue weighted by Gasteiger charge is -2.13. The molecule has 0 aliphatic rings. The number of carbonyl (C=O) groups is 1. The molecule has 1 heterocycles. The molecule has 3 N–H and O–H groups in total. The van der Waals surface area contributed by atoms with Crippen LogP contribution in [0.25, 0.3) is 0 Å². The Bertz CT molecular complexity index is 640. The molecule has 0 aliphatic carbocycles. The molecule has 0 aliphatic heterocycles. The number of rotatable bonds is 6. The first-order chi connectivity index (χ1) is 10.1. The number of hydrogen-bond acceptors (Lipinski definition) is 6. The van der Waals surface area contributed by atoms with E-state index in [-0.39, 0.29) is 22.6 Å². The highest BCUT2D eigenvalue weighted by Gasteiger charge is 2.18. The van der Waals surface area contributed by atoms with E-state index < -0.39 is 5.97 Å². The monoisotopic (exact) mass is 305 g/mol. The van der Waals surface area contributed by atoms with Crippen LogP contribution in [0.5, 0.6) is 0 Å². The van der Waals surface area contributed by atoms with E-state index in [1.807, 2.05) is 37.3 Å². The first-order valence-corrected chi connectivity index (χ1v) is 7.23. The average molecular weight is 305 g/mol. The molecule has 2 rings (SSSR count). The molecule has 1 aromatic carbocycles. The number of carboxylic acids is 1. The van der Waals surface area contributed by atoms with Crippen LogP contribution in [0.4, 0.5) is 5.13 Å². The number of oxime groups is 1. The second-order valence-corrected chi connectivity index (χ2v) is 5.12. The molecule has 0 amide bonds. The lowest BCUT2D eigenvalue weighted by molar-refractivity contribution is -0.129. The summed E-state index contributed by atoms with van der Waals surface area (Å²) in [7, 11) is 0. The lowest BCUT2D eigenvalue weighted by Crippen LogP contribution is -2.16. The van der Waals surface area contributed by atoms with Crippen LogP contribution in [-0.4, -0.2) is 21.8 Å². The fourth-order valence-electron chi connectivity index (χ4n) is 1.75. The first-order valence-electron chi connectivity index (χ1n) is 6.35. The van der Waals surface area contributed by atoms with Crippen molar-refractivity contribution < 1.29 is 14.7 Å². The molecule has 2 aromatic rings. The van der Waals surface area contributed by atoms with Gasteiger partial charge in [-0.05, 0) is 12.0 Å². The minimum Gasteiger partial charge on any atom is -0.476 e. The summed E-state index contributed by atoms with van der Waals surface area (Å²) in [6.07, 6.45) is 0.358. The zero-order chi connectivity index (χ0) is 15.2. The van der Waals surface area contributed by atoms with E-state index in [2.05, 4.69) is 10.1 Å². The highest BCUT2D eigenvalue weighted by Crippen LogP contribution is 2.21. The molecule has 110 valence electrons. The maximum Gasteiger partial charge on any atom is 0.360 e. The van der Waals surface area contributed by atoms with Gasteiger partial charge in [-0.15, -0.1) is 11.3 Å². The van der Waals surface area contributed by atoms with Crippen molar-refractivity contribution in [1.29, 1.82) is 0 Å². The second-order valence-electron chi connectivity index (χ2n) is 4.23. The number of benzene rings is 1. The van der Waals surface area contributed by atoms with Crippen LogP contribution in [0.2, 0.25) is 0 Å². The summed E-state index contributed by atoms with van der Waals surface area (Å²) in [5, 5.41) is 14.8. The van der Waals surface area contributed by atoms with Crippen LogP contribution in [0.15, 0.2) is 40.9 Å². The third kappa shape index (κ3) is 3.79. The van der Waals surface area contributed by atoms with E-state index in [9.17, 15) is 9.90 Å². The minimum atomic E-state index is -1.21. The van der Waals surface area contributed by atoms with Crippen LogP contribution in [0.1, 0.15) is 30.7 Å². The molecule has 7 heteroatoms. The fraction of sp³-hybridized carbons (Fsp3) is 0.214. The number of nitrogens with zero attached hydrogens (tertiary/aromatic N) is 2. The van der Waals surface area contributed by atoms with Gasteiger partial charge >= 0.3 is 5.97 Å². The number of aromatic nitrogens is 1. The van der Waals surface area contributed by atoms with Crippen LogP contribution in [0.3, 0.4) is 0 Å². The molecule has 1 atom stereocenters. The molecule has 0 saturated heterocycles. The minimum absolute atomic E-state index is 0.202. The van der Waals surface area contributed by atoms with Crippen LogP contribution < -0.4 is 5.73 Å². The Morgan fingerprint density at radius 3 is 2.71 bits per heavy atom. The highest BCUT2D eigenvalue weighted by molar-refractivity contribution is 7.13. The molecule has 21 heavy (non-hydrogen) atoms. The van der Waals surface area contributed by atoms with E-state index in [1.165, 1.54) is 5.38 Å². The first kappa shape index (κ1) is 15.0. The Labute approximate surface area is 125 Å². The van der Waals surface area contributed by atoms with E-state index >= 15 is 0 Å². The van der Waals surface area contributed by atoms with Gasteiger partial charge < -0.3 is 15.7 Å². The van der Waals surface area contributed by atoms with Gasteiger partial charge in [-0.3, -0.25) is 0 Å². The number of thiazole rings is 1. The van der Waals surface area contributed by atoms with Crippen molar-refractivity contribution in [3.63, 3.8) is 0 Å². The Morgan fingerprint density at radius 2 is 2.19 bits per heavy atom. The smallest absolute Gasteiger partial charge is 0.360 e. The Hall–Kier alpha value is -2.41. The zero-order valence-electron chi connectivity index (χ0n) is 11.4. The van der Waals surface area contributed by atoms with Gasteiger partial charge in [-0.25, -0.2) is 9.78 Å². The topological polar surface area (TPSA) is 97.8 Å². The van der Waals surface area contributed by atoms with Crippen molar-refractivity contribution in [1.82, 2.24) is 4.98 Å². The molecule has 0 bridgehead atoms. The van der Waals surface area contributed by atoms with Crippen molar-refractivity contribution >= 4 is 28.1 Å². The summed E-state index contributed by atoms with van der Waals surface area (Å²) < 4.78 is 0. The number of hydrogen-bond donors (Lipinski definition) is 2. The van der Waals surface area contributed by atoms with Gasteiger partial charge in [0.15, 0.2) is 11.2 Å². The molecular weight excluding hydrogens is 290 g/mol. The van der Waals surface area contributed by atoms with Gasteiger partial charge in [-0.2, -0.15) is 0 Å². The number of nitrogen functional groups attached to an aromatic ring is 1. The number of nitrogens with two attached hydrogens (primary N) is 1. The standard InChI is InChI=1S/C14H15N3O3S/c1-2-11(9-6-4-3-5-7-9)20-17-12(13(18)19)10-8-21-14(15)16-10/h3-8,11H,2H2,1H3,(H2,15,16)(H,18,19). The summed E-state index contributed by atoms with van der Waals surface area (Å²) >= 11 is 1.15. The van der Waals surface area contributed by atoms with Gasteiger partial charge in [0, 0.05) is 5.38 Å². The summed E-state index contributed by atoms with van der Waals surface area (Å²) in [5.74, 6) is -1.21. The third-order valence-electron chi connectivity index (χ3n) is 2.78. The Kier molecular flexibility index (Phi) is 4.89. The summed E-state index contributed by atoms with van der Waals surface area (Å²) in [5.41, 5.74) is 6.39. The van der Waals surface area contributed by atoms with Gasteiger partial charge in [0.25, 0.3) is 0 Å². The third-order valence-corrected chi connectivity index (χ3v) is 3.45. The summed E-state index contributed by atoms with van der Waals surface area (Å²) in [6.45, 7) is 1.94. The molecule has 0 saturated carbocycles. The number of aliphatic carboxylic acids is 1. The average Bonchev–Trinajstić information content (AvgIpc) is 2.90. The van der Waals surface area contributed by atoms with Crippen molar-refractivity contribution in [3.05, 3.63) is 47.0 Å². The largest absolute Gasteiger partial charge is 0.476 e. The highest BCUT2D eigenvalue weighted by atomic mass is 32.1. The number of anilines is 1. The van der Waals surface area contributed by atoms with E-state index in [0.717, 1.165) is 16.9 Å². The Morgan fingerprint density at radius 1 is 1.48 bits per heavy atom. The molecular formula is C14H15N3O3S. The van der Waals surface area contributed by atoms with E-state index in [1.54, 1.807) is 0 Å². The molecule has 0 spiro atoms. The van der Waals surface area contributed by atoms with Gasteiger partial charge in [0.1, 0.15) is 5.69 Å². The van der Waals surface area contributed by atoms with Crippen LogP contribution in [-0.2, 0) is 9.63 Å². The molecule has 1 aromatic heterocycles. The van der Waals surface area contributed by atoms with E-state index in [4.69, 9.17) is 10.6 Å². The zero-order valence-corrected chi connectivity index (χ0v) is 12.2. The second kappa shape index (κ2) is 6.85. The van der Waals surface area contributed by atoms with Crippen LogP contribution >= 0.6 is 11.3 Å². The van der Waals surface area contributed by atoms with Gasteiger partial charge in [0.2, 0.25) is 5.71 Å². The quantitative estimate of drug-likeness (QED) is 0.631. The van der Waals surface area contributed by atoms with Gasteiger partial charge in [-0.1, -0.05) is 42.4 Å². The van der Waals surface area contributed by atoms with Crippen molar-refractivity contribution in [2.45, 2.75) is 19.4 Å². The molecule has 0 radical (unpaired) electrons. The number of carboxylic acid groups (broad SMARTS) is 1.